The molecule has 0 aromatic carbocycles. The number of anilines is 1. The summed E-state index contributed by atoms with van der Waals surface area (Å²) in [7, 11) is 1.66. The molecule has 0 amide bonds. The highest BCUT2D eigenvalue weighted by Gasteiger charge is 2.07. The van der Waals surface area contributed by atoms with Crippen LogP contribution in [0.2, 0.25) is 5.02 Å². The van der Waals surface area contributed by atoms with Crippen LogP contribution in [0.1, 0.15) is 23.2 Å². The number of halogens is 1. The molecule has 0 fully saturated rings. The van der Waals surface area contributed by atoms with Crippen molar-refractivity contribution < 1.29 is 14.6 Å². The van der Waals surface area contributed by atoms with Gasteiger partial charge in [-0.3, -0.25) is 0 Å². The highest BCUT2D eigenvalue weighted by Crippen LogP contribution is 2.20. The first kappa shape index (κ1) is 13.7. The first-order valence-electron chi connectivity index (χ1n) is 5.27. The van der Waals surface area contributed by atoms with Crippen molar-refractivity contribution in [1.82, 2.24) is 4.98 Å². The molecular weight excluding hydrogens is 244 g/mol. The van der Waals surface area contributed by atoms with Crippen molar-refractivity contribution in [3.63, 3.8) is 0 Å². The van der Waals surface area contributed by atoms with Gasteiger partial charge in [-0.2, -0.15) is 0 Å². The molecule has 1 aromatic heterocycles. The maximum Gasteiger partial charge on any atom is 0.337 e. The number of pyridine rings is 1. The Morgan fingerprint density at radius 1 is 1.59 bits per heavy atom. The zero-order chi connectivity index (χ0) is 12.7. The van der Waals surface area contributed by atoms with Gasteiger partial charge in [-0.15, -0.1) is 0 Å². The molecular formula is C11H15ClN2O3. The molecule has 0 bridgehead atoms. The number of carbonyl (C=O) groups is 1. The Hall–Kier alpha value is -1.33. The summed E-state index contributed by atoms with van der Waals surface area (Å²) < 4.78 is 4.93. The molecule has 1 heterocycles. The second-order valence-electron chi connectivity index (χ2n) is 3.49. The van der Waals surface area contributed by atoms with Gasteiger partial charge in [0.2, 0.25) is 0 Å². The Kier molecular flexibility index (Phi) is 5.72. The lowest BCUT2D eigenvalue weighted by Crippen LogP contribution is -2.06. The quantitative estimate of drug-likeness (QED) is 0.734. The summed E-state index contributed by atoms with van der Waals surface area (Å²) in [5.74, 6) is -0.528. The van der Waals surface area contributed by atoms with Gasteiger partial charge >= 0.3 is 5.97 Å². The van der Waals surface area contributed by atoms with E-state index in [-0.39, 0.29) is 5.56 Å². The van der Waals surface area contributed by atoms with E-state index in [4.69, 9.17) is 21.4 Å². The lowest BCUT2D eigenvalue weighted by molar-refractivity contribution is 0.0696. The van der Waals surface area contributed by atoms with Crippen LogP contribution in [-0.4, -0.2) is 36.3 Å². The first-order chi connectivity index (χ1) is 8.15. The summed E-state index contributed by atoms with van der Waals surface area (Å²) >= 11 is 5.90. The number of carboxylic acid groups (broad SMARTS) is 1. The van der Waals surface area contributed by atoms with Crippen molar-refractivity contribution in [2.45, 2.75) is 12.8 Å². The molecule has 0 radical (unpaired) electrons. The van der Waals surface area contributed by atoms with E-state index in [0.29, 0.717) is 10.8 Å². The van der Waals surface area contributed by atoms with Crippen molar-refractivity contribution in [2.75, 3.05) is 25.6 Å². The molecule has 0 aliphatic carbocycles. The molecule has 0 saturated heterocycles. The molecule has 0 spiro atoms. The summed E-state index contributed by atoms with van der Waals surface area (Å²) in [6.07, 6.45) is 3.17. The second-order valence-corrected chi connectivity index (χ2v) is 3.89. The normalized spacial score (nSPS) is 10.2. The maximum atomic E-state index is 10.7. The van der Waals surface area contributed by atoms with Crippen LogP contribution in [0.3, 0.4) is 0 Å². The summed E-state index contributed by atoms with van der Waals surface area (Å²) in [5.41, 5.74) is 0.0833. The number of ether oxygens (including phenoxy) is 1. The highest BCUT2D eigenvalue weighted by atomic mass is 35.5. The Morgan fingerprint density at radius 3 is 2.94 bits per heavy atom. The predicted octanol–water partition coefficient (Wildman–Crippen LogP) is 2.27. The van der Waals surface area contributed by atoms with Gasteiger partial charge in [0, 0.05) is 26.5 Å². The first-order valence-corrected chi connectivity index (χ1v) is 5.64. The molecule has 0 aliphatic heterocycles. The van der Waals surface area contributed by atoms with Crippen molar-refractivity contribution in [1.29, 1.82) is 0 Å². The average Bonchev–Trinajstić information content (AvgIpc) is 2.30. The van der Waals surface area contributed by atoms with Gasteiger partial charge < -0.3 is 15.2 Å². The maximum absolute atomic E-state index is 10.7. The Morgan fingerprint density at radius 2 is 2.35 bits per heavy atom. The lowest BCUT2D eigenvalue weighted by Gasteiger charge is -2.07. The van der Waals surface area contributed by atoms with Crippen LogP contribution in [0.15, 0.2) is 12.3 Å². The van der Waals surface area contributed by atoms with E-state index >= 15 is 0 Å². The minimum absolute atomic E-state index is 0.0833. The van der Waals surface area contributed by atoms with Crippen LogP contribution < -0.4 is 5.32 Å². The summed E-state index contributed by atoms with van der Waals surface area (Å²) in [5, 5.41) is 12.1. The molecule has 1 aromatic rings. The predicted molar refractivity (Wildman–Crippen MR) is 65.8 cm³/mol. The molecule has 0 saturated carbocycles. The zero-order valence-electron chi connectivity index (χ0n) is 9.57. The highest BCUT2D eigenvalue weighted by molar-refractivity contribution is 6.33. The van der Waals surface area contributed by atoms with E-state index in [1.54, 1.807) is 7.11 Å². The van der Waals surface area contributed by atoms with Gasteiger partial charge in [0.05, 0.1) is 10.6 Å². The number of hydrogen-bond donors (Lipinski definition) is 2. The fraction of sp³-hybridized carbons (Fsp3) is 0.455. The number of aromatic carboxylic acids is 1. The van der Waals surface area contributed by atoms with E-state index in [9.17, 15) is 4.79 Å². The van der Waals surface area contributed by atoms with E-state index < -0.39 is 5.97 Å². The smallest absolute Gasteiger partial charge is 0.337 e. The van der Waals surface area contributed by atoms with Crippen LogP contribution in [0.4, 0.5) is 5.82 Å². The van der Waals surface area contributed by atoms with E-state index in [1.165, 1.54) is 12.3 Å². The molecule has 1 rings (SSSR count). The van der Waals surface area contributed by atoms with Gasteiger partial charge in [0.1, 0.15) is 5.82 Å². The minimum atomic E-state index is -1.04. The minimum Gasteiger partial charge on any atom is -0.478 e. The summed E-state index contributed by atoms with van der Waals surface area (Å²) in [6.45, 7) is 1.45. The van der Waals surface area contributed by atoms with Crippen LogP contribution in [0.5, 0.6) is 0 Å². The molecule has 5 nitrogen and oxygen atoms in total. The molecule has 2 N–H and O–H groups in total. The third kappa shape index (κ3) is 4.58. The van der Waals surface area contributed by atoms with Crippen LogP contribution >= 0.6 is 11.6 Å². The van der Waals surface area contributed by atoms with Gasteiger partial charge in [-0.25, -0.2) is 9.78 Å². The van der Waals surface area contributed by atoms with E-state index in [2.05, 4.69) is 10.3 Å². The number of hydrogen-bond acceptors (Lipinski definition) is 4. The largest absolute Gasteiger partial charge is 0.478 e. The van der Waals surface area contributed by atoms with Crippen molar-refractivity contribution in [2.24, 2.45) is 0 Å². The fourth-order valence-corrected chi connectivity index (χ4v) is 1.50. The number of nitrogens with zero attached hydrogens (tertiary/aromatic N) is 1. The van der Waals surface area contributed by atoms with E-state index in [0.717, 1.165) is 26.0 Å². The van der Waals surface area contributed by atoms with Gasteiger partial charge in [-0.05, 0) is 18.9 Å². The SMILES string of the molecule is COCCCCNc1ncc(C(=O)O)cc1Cl. The molecule has 0 unspecified atom stereocenters. The third-order valence-corrected chi connectivity index (χ3v) is 2.44. The van der Waals surface area contributed by atoms with Crippen LogP contribution in [0, 0.1) is 0 Å². The Labute approximate surface area is 105 Å². The van der Waals surface area contributed by atoms with Crippen molar-refractivity contribution in [3.05, 3.63) is 22.8 Å². The number of nitrogens with one attached hydrogen (secondary N) is 1. The van der Waals surface area contributed by atoms with Crippen LogP contribution in [-0.2, 0) is 4.74 Å². The third-order valence-electron chi connectivity index (χ3n) is 2.16. The summed E-state index contributed by atoms with van der Waals surface area (Å²) in [4.78, 5) is 14.6. The Balaban J connectivity index is 2.46. The van der Waals surface area contributed by atoms with Gasteiger partial charge in [0.15, 0.2) is 0 Å². The number of methoxy groups -OCH3 is 1. The Bertz CT molecular complexity index is 385. The molecule has 17 heavy (non-hydrogen) atoms. The molecule has 0 aliphatic rings. The molecule has 6 heteroatoms. The fourth-order valence-electron chi connectivity index (χ4n) is 1.26. The average molecular weight is 259 g/mol. The number of rotatable bonds is 7. The zero-order valence-corrected chi connectivity index (χ0v) is 10.3. The van der Waals surface area contributed by atoms with Crippen LogP contribution in [0.25, 0.3) is 0 Å². The van der Waals surface area contributed by atoms with Gasteiger partial charge in [0.25, 0.3) is 0 Å². The topological polar surface area (TPSA) is 71.5 Å². The lowest BCUT2D eigenvalue weighted by atomic mass is 10.3. The van der Waals surface area contributed by atoms with Crippen molar-refractivity contribution in [3.8, 4) is 0 Å². The van der Waals surface area contributed by atoms with Gasteiger partial charge in [-0.1, -0.05) is 11.6 Å². The number of carboxylic acids is 1. The molecule has 0 atom stereocenters. The van der Waals surface area contributed by atoms with E-state index in [1.807, 2.05) is 0 Å². The summed E-state index contributed by atoms with van der Waals surface area (Å²) in [6, 6.07) is 1.38. The molecule has 94 valence electrons. The van der Waals surface area contributed by atoms with Crippen molar-refractivity contribution >= 4 is 23.4 Å². The number of aromatic nitrogens is 1. The standard InChI is InChI=1S/C11H15ClN2O3/c1-17-5-3-2-4-13-10-9(12)6-8(7-14-10)11(15)16/h6-7H,2-5H2,1H3,(H,13,14)(H,15,16). The monoisotopic (exact) mass is 258 g/mol. The number of unbranched alkanes of at least 4 members (excludes halogenated alkanes) is 1. The second kappa shape index (κ2) is 7.09.